The van der Waals surface area contributed by atoms with Gasteiger partial charge >= 0.3 is 5.69 Å². The van der Waals surface area contributed by atoms with Crippen LogP contribution in [0.5, 0.6) is 0 Å². The monoisotopic (exact) mass is 397 g/mol. The van der Waals surface area contributed by atoms with Gasteiger partial charge in [0.15, 0.2) is 22.8 Å². The second kappa shape index (κ2) is 5.18. The van der Waals surface area contributed by atoms with Gasteiger partial charge in [-0.2, -0.15) is 0 Å². The van der Waals surface area contributed by atoms with E-state index in [-0.39, 0.29) is 33.8 Å². The number of allylic oxidation sites excluding steroid dienone is 1. The van der Waals surface area contributed by atoms with Crippen molar-refractivity contribution in [2.24, 2.45) is 0 Å². The summed E-state index contributed by atoms with van der Waals surface area (Å²) in [5, 5.41) is 2.93. The van der Waals surface area contributed by atoms with Crippen LogP contribution in [0.15, 0.2) is 63.7 Å². The Morgan fingerprint density at radius 2 is 1.23 bits per heavy atom. The number of carbonyl (C=O) groups is 3. The molecule has 0 saturated heterocycles. The number of aromatic amines is 2. The molecule has 2 aliphatic carbocycles. The van der Waals surface area contributed by atoms with Gasteiger partial charge < -0.3 is 5.32 Å². The zero-order chi connectivity index (χ0) is 20.8. The molecule has 0 saturated carbocycles. The van der Waals surface area contributed by atoms with Crippen molar-refractivity contribution in [1.82, 2.24) is 9.97 Å². The Balaban J connectivity index is 1.80. The van der Waals surface area contributed by atoms with Crippen LogP contribution >= 0.6 is 0 Å². The third kappa shape index (κ3) is 1.66. The SMILES string of the molecule is O=C1C2=C(Nc3[nH]c(=O)[nH]c(=O)c3C23C(=O)c2ccccc2C3=O)c2ccccc21. The highest BCUT2D eigenvalue weighted by atomic mass is 16.2. The summed E-state index contributed by atoms with van der Waals surface area (Å²) in [7, 11) is 0. The maximum atomic E-state index is 13.7. The van der Waals surface area contributed by atoms with Gasteiger partial charge in [0.2, 0.25) is 0 Å². The summed E-state index contributed by atoms with van der Waals surface area (Å²) >= 11 is 0. The van der Waals surface area contributed by atoms with Crippen LogP contribution in [0, 0.1) is 0 Å². The predicted molar refractivity (Wildman–Crippen MR) is 106 cm³/mol. The summed E-state index contributed by atoms with van der Waals surface area (Å²) < 4.78 is 0. The lowest BCUT2D eigenvalue weighted by Crippen LogP contribution is -2.50. The van der Waals surface area contributed by atoms with Gasteiger partial charge in [-0.05, 0) is 0 Å². The van der Waals surface area contributed by atoms with Crippen molar-refractivity contribution in [1.29, 1.82) is 0 Å². The van der Waals surface area contributed by atoms with Gasteiger partial charge in [-0.1, -0.05) is 48.5 Å². The first-order valence-corrected chi connectivity index (χ1v) is 9.18. The number of rotatable bonds is 0. The van der Waals surface area contributed by atoms with Crippen LogP contribution in [0.3, 0.4) is 0 Å². The highest BCUT2D eigenvalue weighted by Crippen LogP contribution is 2.53. The molecule has 144 valence electrons. The summed E-state index contributed by atoms with van der Waals surface area (Å²) in [6.07, 6.45) is 0. The molecule has 3 aliphatic rings. The van der Waals surface area contributed by atoms with Gasteiger partial charge in [0.05, 0.1) is 16.8 Å². The van der Waals surface area contributed by atoms with E-state index in [1.165, 1.54) is 12.1 Å². The number of nitrogens with one attached hydrogen (secondary N) is 3. The number of Topliss-reactive ketones (excluding diaryl/α,β-unsaturated/α-hetero) is 3. The summed E-state index contributed by atoms with van der Waals surface area (Å²) in [6, 6.07) is 12.9. The molecule has 6 rings (SSSR count). The van der Waals surface area contributed by atoms with Crippen LogP contribution in [-0.4, -0.2) is 27.3 Å². The zero-order valence-electron chi connectivity index (χ0n) is 15.2. The molecule has 0 amide bonds. The third-order valence-corrected chi connectivity index (χ3v) is 5.96. The highest BCUT2D eigenvalue weighted by Gasteiger charge is 2.64. The molecule has 1 spiro atoms. The fourth-order valence-electron chi connectivity index (χ4n) is 4.80. The Morgan fingerprint density at radius 1 is 0.667 bits per heavy atom. The largest absolute Gasteiger partial charge is 0.340 e. The molecule has 0 bridgehead atoms. The van der Waals surface area contributed by atoms with Crippen LogP contribution in [-0.2, 0) is 5.41 Å². The smallest absolute Gasteiger partial charge is 0.327 e. The van der Waals surface area contributed by atoms with Crippen molar-refractivity contribution in [2.45, 2.75) is 5.41 Å². The standard InChI is InChI=1S/C22H11N3O5/c26-16-10-6-2-1-5-9(10)15-13(16)22(14-19(23-15)24-21(30)25-20(14)29)17(27)11-7-3-4-8-12(11)18(22)28/h1-8H,(H3,23,24,25,29,30). The number of fused-ring (bicyclic) bond motifs is 6. The topological polar surface area (TPSA) is 129 Å². The third-order valence-electron chi connectivity index (χ3n) is 5.96. The Kier molecular flexibility index (Phi) is 2.87. The molecule has 8 heteroatoms. The van der Waals surface area contributed by atoms with Crippen LogP contribution in [0.4, 0.5) is 5.82 Å². The maximum absolute atomic E-state index is 13.7. The molecule has 3 N–H and O–H groups in total. The number of anilines is 1. The van der Waals surface area contributed by atoms with E-state index in [2.05, 4.69) is 15.3 Å². The van der Waals surface area contributed by atoms with Gasteiger partial charge in [-0.15, -0.1) is 0 Å². The van der Waals surface area contributed by atoms with Crippen LogP contribution in [0.1, 0.15) is 42.2 Å². The second-order valence-electron chi connectivity index (χ2n) is 7.36. The van der Waals surface area contributed by atoms with Gasteiger partial charge in [0, 0.05) is 22.3 Å². The summed E-state index contributed by atoms with van der Waals surface area (Å²) in [4.78, 5) is 70.3. The molecule has 1 aliphatic heterocycles. The lowest BCUT2D eigenvalue weighted by molar-refractivity contribution is 0.0800. The summed E-state index contributed by atoms with van der Waals surface area (Å²) in [5.74, 6) is -1.88. The molecular weight excluding hydrogens is 386 g/mol. The van der Waals surface area contributed by atoms with Crippen LogP contribution in [0.25, 0.3) is 5.70 Å². The van der Waals surface area contributed by atoms with Gasteiger partial charge in [0.1, 0.15) is 5.82 Å². The van der Waals surface area contributed by atoms with Crippen molar-refractivity contribution < 1.29 is 14.4 Å². The molecule has 8 nitrogen and oxygen atoms in total. The molecule has 0 unspecified atom stereocenters. The Morgan fingerprint density at radius 3 is 1.87 bits per heavy atom. The Labute approximate surface area is 167 Å². The number of ketones is 3. The molecule has 2 heterocycles. The first kappa shape index (κ1) is 16.6. The molecule has 0 radical (unpaired) electrons. The van der Waals surface area contributed by atoms with Crippen molar-refractivity contribution in [2.75, 3.05) is 5.32 Å². The lowest BCUT2D eigenvalue weighted by Gasteiger charge is -2.33. The fourth-order valence-corrected chi connectivity index (χ4v) is 4.80. The highest BCUT2D eigenvalue weighted by molar-refractivity contribution is 6.42. The number of hydrogen-bond acceptors (Lipinski definition) is 6. The van der Waals surface area contributed by atoms with Gasteiger partial charge in [-0.3, -0.25) is 29.1 Å². The Hall–Kier alpha value is -4.33. The minimum atomic E-state index is -2.16. The van der Waals surface area contributed by atoms with Crippen molar-refractivity contribution in [3.63, 3.8) is 0 Å². The number of hydrogen-bond donors (Lipinski definition) is 3. The zero-order valence-corrected chi connectivity index (χ0v) is 15.2. The van der Waals surface area contributed by atoms with Crippen LogP contribution in [0.2, 0.25) is 0 Å². The number of aromatic nitrogens is 2. The van der Waals surface area contributed by atoms with Gasteiger partial charge in [0.25, 0.3) is 5.56 Å². The van der Waals surface area contributed by atoms with Crippen molar-refractivity contribution in [3.8, 4) is 0 Å². The van der Waals surface area contributed by atoms with E-state index in [4.69, 9.17) is 0 Å². The molecule has 1 aromatic heterocycles. The average molecular weight is 397 g/mol. The first-order valence-electron chi connectivity index (χ1n) is 9.18. The van der Waals surface area contributed by atoms with Crippen LogP contribution < -0.4 is 16.6 Å². The normalized spacial score (nSPS) is 17.5. The average Bonchev–Trinajstić information content (AvgIpc) is 3.14. The summed E-state index contributed by atoms with van der Waals surface area (Å²) in [5.41, 5.74) is -2.87. The fraction of sp³-hybridized carbons (Fsp3) is 0.0455. The molecule has 0 atom stereocenters. The molecular formula is C22H11N3O5. The van der Waals surface area contributed by atoms with E-state index in [1.54, 1.807) is 36.4 Å². The second-order valence-corrected chi connectivity index (χ2v) is 7.36. The van der Waals surface area contributed by atoms with E-state index in [0.717, 1.165) is 0 Å². The van der Waals surface area contributed by atoms with E-state index < -0.39 is 34.0 Å². The molecule has 3 aromatic rings. The minimum Gasteiger partial charge on any atom is -0.340 e. The molecule has 0 fully saturated rings. The quantitative estimate of drug-likeness (QED) is 0.492. The molecule has 2 aromatic carbocycles. The van der Waals surface area contributed by atoms with E-state index in [0.29, 0.717) is 11.1 Å². The minimum absolute atomic E-state index is 0.0680. The molecule has 30 heavy (non-hydrogen) atoms. The maximum Gasteiger partial charge on any atom is 0.327 e. The Bertz CT molecular complexity index is 1490. The van der Waals surface area contributed by atoms with Crippen molar-refractivity contribution >= 4 is 28.9 Å². The number of carbonyl (C=O) groups excluding carboxylic acids is 3. The first-order chi connectivity index (χ1) is 14.5. The summed E-state index contributed by atoms with van der Waals surface area (Å²) in [6.45, 7) is 0. The van der Waals surface area contributed by atoms with Gasteiger partial charge in [-0.25, -0.2) is 4.79 Å². The predicted octanol–water partition coefficient (Wildman–Crippen LogP) is 1.41. The number of benzene rings is 2. The van der Waals surface area contributed by atoms with E-state index in [1.807, 2.05) is 0 Å². The van der Waals surface area contributed by atoms with Crippen molar-refractivity contribution in [3.05, 3.63) is 103 Å². The lowest BCUT2D eigenvalue weighted by atomic mass is 9.67. The van der Waals surface area contributed by atoms with E-state index in [9.17, 15) is 24.0 Å². The number of H-pyrrole nitrogens is 2. The van der Waals surface area contributed by atoms with E-state index >= 15 is 0 Å².